The molecule has 9 nitrogen and oxygen atoms in total. The Kier molecular flexibility index (Phi) is 6.96. The zero-order chi connectivity index (χ0) is 26.9. The molecule has 4 aromatic rings. The molecule has 0 amide bonds. The molecule has 0 bridgehead atoms. The van der Waals surface area contributed by atoms with Gasteiger partial charge in [0.05, 0.1) is 37.9 Å². The van der Waals surface area contributed by atoms with Crippen LogP contribution in [0.5, 0.6) is 11.5 Å². The molecule has 3 heterocycles. The van der Waals surface area contributed by atoms with Gasteiger partial charge in [-0.3, -0.25) is 9.71 Å². The number of hydrogen-bond donors (Lipinski definition) is 2. The standard InChI is InChI=1S/C27H27N5O4S2/c1-35-20-9-6-8-18(16-20)31-15-7-11-23(31)26-25(21-10-4-5-14-28-21)29-27(37)32(26)19-12-13-24(36-2)22(17-19)30-38(3,33)34/h4-17,25-26,30H,1-3H3,(H,29,37)/t25-,26+/m0/s1. The largest absolute Gasteiger partial charge is 0.497 e. The zero-order valence-corrected chi connectivity index (χ0v) is 22.7. The first kappa shape index (κ1) is 25.6. The first-order valence-corrected chi connectivity index (χ1v) is 14.1. The second-order valence-electron chi connectivity index (χ2n) is 8.76. The number of pyridine rings is 1. The first-order valence-electron chi connectivity index (χ1n) is 11.8. The van der Waals surface area contributed by atoms with Crippen LogP contribution in [0.2, 0.25) is 0 Å². The molecule has 11 heteroatoms. The van der Waals surface area contributed by atoms with Crippen molar-refractivity contribution < 1.29 is 17.9 Å². The van der Waals surface area contributed by atoms with Crippen molar-refractivity contribution in [3.8, 4) is 17.2 Å². The summed E-state index contributed by atoms with van der Waals surface area (Å²) in [5, 5.41) is 3.93. The van der Waals surface area contributed by atoms with Gasteiger partial charge in [-0.1, -0.05) is 12.1 Å². The van der Waals surface area contributed by atoms with Crippen LogP contribution < -0.4 is 24.4 Å². The molecule has 196 valence electrons. The van der Waals surface area contributed by atoms with Gasteiger partial charge in [-0.25, -0.2) is 8.42 Å². The van der Waals surface area contributed by atoms with Crippen molar-refractivity contribution in [1.82, 2.24) is 14.9 Å². The monoisotopic (exact) mass is 549 g/mol. The van der Waals surface area contributed by atoms with E-state index in [1.54, 1.807) is 25.4 Å². The molecule has 0 saturated carbocycles. The third kappa shape index (κ3) is 5.02. The van der Waals surface area contributed by atoms with Gasteiger partial charge in [0, 0.05) is 35.5 Å². The summed E-state index contributed by atoms with van der Waals surface area (Å²) in [5.41, 5.74) is 3.71. The average Bonchev–Trinajstić information content (AvgIpc) is 3.52. The average molecular weight is 550 g/mol. The molecular formula is C27H27N5O4S2. The summed E-state index contributed by atoms with van der Waals surface area (Å²) in [6.45, 7) is 0. The van der Waals surface area contributed by atoms with E-state index in [0.717, 1.165) is 29.1 Å². The van der Waals surface area contributed by atoms with Gasteiger partial charge in [0.2, 0.25) is 10.0 Å². The molecule has 1 aliphatic rings. The number of benzene rings is 2. The van der Waals surface area contributed by atoms with Crippen LogP contribution in [0.1, 0.15) is 23.5 Å². The fourth-order valence-electron chi connectivity index (χ4n) is 4.69. The summed E-state index contributed by atoms with van der Waals surface area (Å²) in [5.74, 6) is 1.14. The highest BCUT2D eigenvalue weighted by atomic mass is 32.2. The normalized spacial score (nSPS) is 17.2. The van der Waals surface area contributed by atoms with E-state index >= 15 is 0 Å². The van der Waals surface area contributed by atoms with Gasteiger partial charge < -0.3 is 24.3 Å². The highest BCUT2D eigenvalue weighted by Gasteiger charge is 2.42. The predicted octanol–water partition coefficient (Wildman–Crippen LogP) is 4.44. The predicted molar refractivity (Wildman–Crippen MR) is 152 cm³/mol. The molecule has 2 N–H and O–H groups in total. The van der Waals surface area contributed by atoms with Crippen LogP contribution in [0.4, 0.5) is 11.4 Å². The van der Waals surface area contributed by atoms with Gasteiger partial charge in [-0.15, -0.1) is 0 Å². The van der Waals surface area contributed by atoms with Crippen LogP contribution in [0.25, 0.3) is 5.69 Å². The zero-order valence-electron chi connectivity index (χ0n) is 21.0. The third-order valence-electron chi connectivity index (χ3n) is 6.27. The van der Waals surface area contributed by atoms with E-state index in [0.29, 0.717) is 22.2 Å². The summed E-state index contributed by atoms with van der Waals surface area (Å²) in [6, 6.07) is 22.3. The van der Waals surface area contributed by atoms with Crippen molar-refractivity contribution >= 4 is 38.7 Å². The van der Waals surface area contributed by atoms with Gasteiger partial charge in [0.25, 0.3) is 0 Å². The molecule has 1 aliphatic heterocycles. The van der Waals surface area contributed by atoms with Gasteiger partial charge in [0.1, 0.15) is 17.5 Å². The lowest BCUT2D eigenvalue weighted by molar-refractivity contribution is 0.414. The van der Waals surface area contributed by atoms with E-state index in [9.17, 15) is 8.42 Å². The summed E-state index contributed by atoms with van der Waals surface area (Å²) >= 11 is 5.85. The lowest BCUT2D eigenvalue weighted by Crippen LogP contribution is -2.30. The van der Waals surface area contributed by atoms with Crippen molar-refractivity contribution in [2.24, 2.45) is 0 Å². The van der Waals surface area contributed by atoms with Crippen molar-refractivity contribution in [3.63, 3.8) is 0 Å². The number of rotatable bonds is 8. The number of ether oxygens (including phenoxy) is 2. The Hall–Kier alpha value is -4.09. The van der Waals surface area contributed by atoms with E-state index < -0.39 is 10.0 Å². The topological polar surface area (TPSA) is 97.7 Å². The molecule has 2 aromatic carbocycles. The maximum atomic E-state index is 12.1. The van der Waals surface area contributed by atoms with Crippen molar-refractivity contribution in [1.29, 1.82) is 0 Å². The second-order valence-corrected chi connectivity index (χ2v) is 10.9. The molecule has 1 saturated heterocycles. The molecule has 0 radical (unpaired) electrons. The number of aromatic nitrogens is 2. The highest BCUT2D eigenvalue weighted by molar-refractivity contribution is 7.92. The lowest BCUT2D eigenvalue weighted by Gasteiger charge is -2.29. The molecule has 1 fully saturated rings. The number of anilines is 2. The maximum Gasteiger partial charge on any atom is 0.229 e. The van der Waals surface area contributed by atoms with Gasteiger partial charge in [0.15, 0.2) is 5.11 Å². The molecular weight excluding hydrogens is 522 g/mol. The fourth-order valence-corrected chi connectivity index (χ4v) is 5.59. The van der Waals surface area contributed by atoms with Gasteiger partial charge >= 0.3 is 0 Å². The van der Waals surface area contributed by atoms with Crippen molar-refractivity contribution in [2.75, 3.05) is 30.1 Å². The van der Waals surface area contributed by atoms with E-state index in [4.69, 9.17) is 21.7 Å². The minimum Gasteiger partial charge on any atom is -0.497 e. The van der Waals surface area contributed by atoms with Crippen LogP contribution in [-0.4, -0.2) is 43.6 Å². The number of nitrogens with zero attached hydrogens (tertiary/aromatic N) is 3. The van der Waals surface area contributed by atoms with Crippen LogP contribution in [-0.2, 0) is 10.0 Å². The van der Waals surface area contributed by atoms with Crippen molar-refractivity contribution in [2.45, 2.75) is 12.1 Å². The summed E-state index contributed by atoms with van der Waals surface area (Å²) in [7, 11) is -0.416. The van der Waals surface area contributed by atoms with Gasteiger partial charge in [-0.05, 0) is 66.8 Å². The minimum absolute atomic E-state index is 0.281. The number of hydrogen-bond acceptors (Lipinski definition) is 6. The maximum absolute atomic E-state index is 12.1. The molecule has 2 aromatic heterocycles. The number of sulfonamides is 1. The Balaban J connectivity index is 1.67. The Labute approximate surface area is 227 Å². The quantitative estimate of drug-likeness (QED) is 0.312. The van der Waals surface area contributed by atoms with Crippen LogP contribution in [0, 0.1) is 0 Å². The van der Waals surface area contributed by atoms with Crippen LogP contribution >= 0.6 is 12.2 Å². The molecule has 5 rings (SSSR count). The number of thiocarbonyl (C=S) groups is 1. The second kappa shape index (κ2) is 10.3. The molecule has 0 unspecified atom stereocenters. The van der Waals surface area contributed by atoms with E-state index in [-0.39, 0.29) is 12.1 Å². The van der Waals surface area contributed by atoms with E-state index in [1.807, 2.05) is 71.8 Å². The SMILES string of the molecule is COc1cccc(-n2cccc2[C@@H]2[C@H](c3ccccn3)NC(=S)N2c2ccc(OC)c(NS(C)(=O)=O)c2)c1. The Morgan fingerprint density at radius 2 is 1.82 bits per heavy atom. The Bertz CT molecular complexity index is 1570. The molecule has 0 spiro atoms. The Morgan fingerprint density at radius 1 is 0.974 bits per heavy atom. The fraction of sp³-hybridized carbons (Fsp3) is 0.185. The summed E-state index contributed by atoms with van der Waals surface area (Å²) in [4.78, 5) is 6.60. The van der Waals surface area contributed by atoms with Crippen LogP contribution in [0.3, 0.4) is 0 Å². The molecule has 38 heavy (non-hydrogen) atoms. The summed E-state index contributed by atoms with van der Waals surface area (Å²) < 4.78 is 39.6. The minimum atomic E-state index is -3.55. The molecule has 2 atom stereocenters. The summed E-state index contributed by atoms with van der Waals surface area (Å²) in [6.07, 6.45) is 4.84. The highest BCUT2D eigenvalue weighted by Crippen LogP contribution is 2.44. The number of methoxy groups -OCH3 is 2. The molecule has 0 aliphatic carbocycles. The number of nitrogens with one attached hydrogen (secondary N) is 2. The smallest absolute Gasteiger partial charge is 0.229 e. The first-order chi connectivity index (χ1) is 18.3. The van der Waals surface area contributed by atoms with Crippen LogP contribution in [0.15, 0.2) is 85.2 Å². The lowest BCUT2D eigenvalue weighted by atomic mass is 10.0. The van der Waals surface area contributed by atoms with Gasteiger partial charge in [-0.2, -0.15) is 0 Å². The third-order valence-corrected chi connectivity index (χ3v) is 7.17. The Morgan fingerprint density at radius 3 is 2.53 bits per heavy atom. The van der Waals surface area contributed by atoms with Crippen molar-refractivity contribution in [3.05, 3.63) is 96.6 Å². The van der Waals surface area contributed by atoms with E-state index in [2.05, 4.69) is 19.6 Å². The van der Waals surface area contributed by atoms with E-state index in [1.165, 1.54) is 7.11 Å².